The van der Waals surface area contributed by atoms with E-state index in [1.807, 2.05) is 0 Å². The lowest BCUT2D eigenvalue weighted by Crippen LogP contribution is -2.31. The predicted molar refractivity (Wildman–Crippen MR) is 90.8 cm³/mol. The summed E-state index contributed by atoms with van der Waals surface area (Å²) < 4.78 is 0. The fourth-order valence-electron chi connectivity index (χ4n) is 2.81. The molecule has 1 aromatic rings. The maximum Gasteiger partial charge on any atom is 0.129 e. The van der Waals surface area contributed by atoms with Crippen LogP contribution in [0.3, 0.4) is 0 Å². The first-order chi connectivity index (χ1) is 10.2. The third kappa shape index (κ3) is 4.70. The van der Waals surface area contributed by atoms with Crippen LogP contribution in [0.4, 0.5) is 5.82 Å². The summed E-state index contributed by atoms with van der Waals surface area (Å²) in [4.78, 5) is 7.26. The van der Waals surface area contributed by atoms with Crippen LogP contribution in [0, 0.1) is 5.92 Å². The van der Waals surface area contributed by atoms with Crippen LogP contribution in [-0.2, 0) is 13.0 Å². The van der Waals surface area contributed by atoms with Gasteiger partial charge < -0.3 is 10.2 Å². The molecule has 1 fully saturated rings. The minimum atomic E-state index is 0.603. The van der Waals surface area contributed by atoms with E-state index in [1.54, 1.807) is 0 Å². The van der Waals surface area contributed by atoms with Gasteiger partial charge in [-0.15, -0.1) is 0 Å². The van der Waals surface area contributed by atoms with E-state index in [2.05, 4.69) is 50.2 Å². The summed E-state index contributed by atoms with van der Waals surface area (Å²) in [5, 5.41) is 3.50. The Morgan fingerprint density at radius 2 is 2.05 bits per heavy atom. The van der Waals surface area contributed by atoms with Crippen molar-refractivity contribution in [3.05, 3.63) is 23.4 Å². The molecule has 3 heteroatoms. The van der Waals surface area contributed by atoms with Crippen molar-refractivity contribution in [2.45, 2.75) is 65.5 Å². The standard InChI is InChI=1S/C18H31N3/c1-5-7-17-11-15(13-19-10-6-2)12-18(20-17)21(4)14(3)16-8-9-16/h11-12,14,16,19H,5-10,13H2,1-4H3. The van der Waals surface area contributed by atoms with Crippen molar-refractivity contribution in [1.29, 1.82) is 0 Å². The maximum absolute atomic E-state index is 4.88. The van der Waals surface area contributed by atoms with Crippen LogP contribution in [0.15, 0.2) is 12.1 Å². The summed E-state index contributed by atoms with van der Waals surface area (Å²) in [6.45, 7) is 8.79. The quantitative estimate of drug-likeness (QED) is 0.701. The van der Waals surface area contributed by atoms with Gasteiger partial charge in [-0.05, 0) is 62.8 Å². The third-order valence-electron chi connectivity index (χ3n) is 4.46. The Morgan fingerprint density at radius 3 is 2.67 bits per heavy atom. The van der Waals surface area contributed by atoms with E-state index in [4.69, 9.17) is 4.98 Å². The van der Waals surface area contributed by atoms with Crippen LogP contribution in [0.1, 0.15) is 57.7 Å². The summed E-state index contributed by atoms with van der Waals surface area (Å²) in [6, 6.07) is 5.14. The van der Waals surface area contributed by atoms with Crippen LogP contribution >= 0.6 is 0 Å². The second kappa shape index (κ2) is 7.79. The highest BCUT2D eigenvalue weighted by molar-refractivity contribution is 5.43. The van der Waals surface area contributed by atoms with Gasteiger partial charge >= 0.3 is 0 Å². The minimum Gasteiger partial charge on any atom is -0.357 e. The van der Waals surface area contributed by atoms with E-state index < -0.39 is 0 Å². The SMILES string of the molecule is CCCNCc1cc(CCC)nc(N(C)C(C)C2CC2)c1. The Labute approximate surface area is 130 Å². The Kier molecular flexibility index (Phi) is 6.04. The van der Waals surface area contributed by atoms with Crippen LogP contribution in [0.5, 0.6) is 0 Å². The van der Waals surface area contributed by atoms with Crippen LogP contribution in [0.2, 0.25) is 0 Å². The summed E-state index contributed by atoms with van der Waals surface area (Å²) >= 11 is 0. The van der Waals surface area contributed by atoms with E-state index in [9.17, 15) is 0 Å². The van der Waals surface area contributed by atoms with Crippen molar-refractivity contribution >= 4 is 5.82 Å². The molecule has 1 aliphatic carbocycles. The second-order valence-electron chi connectivity index (χ2n) is 6.44. The molecule has 1 saturated carbocycles. The molecule has 0 saturated heterocycles. The Bertz CT molecular complexity index is 440. The minimum absolute atomic E-state index is 0.603. The zero-order valence-corrected chi connectivity index (χ0v) is 14.2. The molecule has 21 heavy (non-hydrogen) atoms. The zero-order chi connectivity index (χ0) is 15.2. The smallest absolute Gasteiger partial charge is 0.129 e. The van der Waals surface area contributed by atoms with Gasteiger partial charge in [0.2, 0.25) is 0 Å². The molecule has 3 nitrogen and oxygen atoms in total. The van der Waals surface area contributed by atoms with Crippen molar-refractivity contribution in [3.63, 3.8) is 0 Å². The fourth-order valence-corrected chi connectivity index (χ4v) is 2.81. The lowest BCUT2D eigenvalue weighted by molar-refractivity contribution is 0.601. The molecular weight excluding hydrogens is 258 g/mol. The number of aromatic nitrogens is 1. The Hall–Kier alpha value is -1.09. The first kappa shape index (κ1) is 16.3. The van der Waals surface area contributed by atoms with Gasteiger partial charge in [-0.2, -0.15) is 0 Å². The van der Waals surface area contributed by atoms with E-state index in [1.165, 1.54) is 30.5 Å². The lowest BCUT2D eigenvalue weighted by atomic mass is 10.1. The summed E-state index contributed by atoms with van der Waals surface area (Å²) in [5.74, 6) is 2.02. The highest BCUT2D eigenvalue weighted by Crippen LogP contribution is 2.36. The van der Waals surface area contributed by atoms with Gasteiger partial charge in [-0.1, -0.05) is 20.3 Å². The van der Waals surface area contributed by atoms with Gasteiger partial charge in [-0.3, -0.25) is 0 Å². The molecule has 0 aliphatic heterocycles. The molecule has 0 aromatic carbocycles. The van der Waals surface area contributed by atoms with Crippen molar-refractivity contribution in [2.75, 3.05) is 18.5 Å². The summed E-state index contributed by atoms with van der Waals surface area (Å²) in [5.41, 5.74) is 2.60. The molecule has 0 bridgehead atoms. The number of hydrogen-bond acceptors (Lipinski definition) is 3. The summed E-state index contributed by atoms with van der Waals surface area (Å²) in [6.07, 6.45) is 6.16. The van der Waals surface area contributed by atoms with E-state index >= 15 is 0 Å². The normalized spacial score (nSPS) is 16.0. The van der Waals surface area contributed by atoms with Crippen molar-refractivity contribution in [2.24, 2.45) is 5.92 Å². The second-order valence-corrected chi connectivity index (χ2v) is 6.44. The van der Waals surface area contributed by atoms with Crippen molar-refractivity contribution in [3.8, 4) is 0 Å². The Morgan fingerprint density at radius 1 is 1.29 bits per heavy atom. The fraction of sp³-hybridized carbons (Fsp3) is 0.722. The van der Waals surface area contributed by atoms with E-state index in [0.29, 0.717) is 6.04 Å². The molecule has 118 valence electrons. The maximum atomic E-state index is 4.88. The van der Waals surface area contributed by atoms with Crippen LogP contribution in [0.25, 0.3) is 0 Å². The molecule has 1 heterocycles. The average molecular weight is 289 g/mol. The molecular formula is C18H31N3. The molecule has 1 aromatic heterocycles. The monoisotopic (exact) mass is 289 g/mol. The average Bonchev–Trinajstić information content (AvgIpc) is 3.31. The summed E-state index contributed by atoms with van der Waals surface area (Å²) in [7, 11) is 2.20. The first-order valence-electron chi connectivity index (χ1n) is 8.59. The number of anilines is 1. The predicted octanol–water partition coefficient (Wildman–Crippen LogP) is 3.77. The highest BCUT2D eigenvalue weighted by atomic mass is 15.2. The molecule has 2 rings (SSSR count). The largest absolute Gasteiger partial charge is 0.357 e. The molecule has 0 amide bonds. The van der Waals surface area contributed by atoms with E-state index in [-0.39, 0.29) is 0 Å². The number of pyridine rings is 1. The molecule has 1 aliphatic rings. The van der Waals surface area contributed by atoms with Gasteiger partial charge in [0.15, 0.2) is 0 Å². The third-order valence-corrected chi connectivity index (χ3v) is 4.46. The van der Waals surface area contributed by atoms with E-state index in [0.717, 1.165) is 37.7 Å². The van der Waals surface area contributed by atoms with Gasteiger partial charge in [0.05, 0.1) is 0 Å². The number of nitrogens with one attached hydrogen (secondary N) is 1. The number of hydrogen-bond donors (Lipinski definition) is 1. The van der Waals surface area contributed by atoms with Crippen LogP contribution < -0.4 is 10.2 Å². The first-order valence-corrected chi connectivity index (χ1v) is 8.59. The zero-order valence-electron chi connectivity index (χ0n) is 14.2. The Balaban J connectivity index is 2.13. The van der Waals surface area contributed by atoms with Crippen molar-refractivity contribution in [1.82, 2.24) is 10.3 Å². The topological polar surface area (TPSA) is 28.2 Å². The molecule has 0 radical (unpaired) electrons. The molecule has 1 atom stereocenters. The molecule has 0 spiro atoms. The number of nitrogens with zero attached hydrogens (tertiary/aromatic N) is 2. The van der Waals surface area contributed by atoms with Crippen molar-refractivity contribution < 1.29 is 0 Å². The molecule has 1 N–H and O–H groups in total. The number of aryl methyl sites for hydroxylation is 1. The highest BCUT2D eigenvalue weighted by Gasteiger charge is 2.31. The van der Waals surface area contributed by atoms with Gasteiger partial charge in [0.25, 0.3) is 0 Å². The van der Waals surface area contributed by atoms with Gasteiger partial charge in [-0.25, -0.2) is 4.98 Å². The van der Waals surface area contributed by atoms with Gasteiger partial charge in [0, 0.05) is 25.3 Å². The number of rotatable bonds is 9. The lowest BCUT2D eigenvalue weighted by Gasteiger charge is -2.27. The van der Waals surface area contributed by atoms with Gasteiger partial charge in [0.1, 0.15) is 5.82 Å². The molecule has 1 unspecified atom stereocenters. The van der Waals surface area contributed by atoms with Crippen LogP contribution in [-0.4, -0.2) is 24.6 Å².